The maximum Gasteiger partial charge on any atom is 0.331 e. The summed E-state index contributed by atoms with van der Waals surface area (Å²) in [6.07, 6.45) is 16.1. The van der Waals surface area contributed by atoms with Crippen molar-refractivity contribution >= 4 is 17.5 Å². The summed E-state index contributed by atoms with van der Waals surface area (Å²) in [6, 6.07) is 0. The average molecular weight is 425 g/mol. The Balaban J connectivity index is 2.47. The minimum absolute atomic E-state index is 0.0472. The van der Waals surface area contributed by atoms with E-state index in [1.807, 2.05) is 32.9 Å². The molecule has 0 radical (unpaired) electrons. The standard InChI is InChI=1S/C27H36O4/c1-19(2)9-6-13-23(27(30)31)14-8-12-20(3)10-7-11-21(4)15-16-24-18-25(28)17-22(5)26(24)29/h9-10,14-15,17-18H,6-8,11-13,16H2,1-5H3,(H,30,31)/b20-10+,21-15+,23-14-. The minimum Gasteiger partial charge on any atom is -0.478 e. The second-order valence-electron chi connectivity index (χ2n) is 8.47. The number of aliphatic carboxylic acids is 1. The lowest BCUT2D eigenvalue weighted by atomic mass is 9.94. The molecule has 4 nitrogen and oxygen atoms in total. The van der Waals surface area contributed by atoms with Crippen LogP contribution < -0.4 is 0 Å². The Kier molecular flexibility index (Phi) is 11.5. The van der Waals surface area contributed by atoms with Crippen LogP contribution >= 0.6 is 0 Å². The lowest BCUT2D eigenvalue weighted by Gasteiger charge is -2.09. The number of ketones is 2. The zero-order chi connectivity index (χ0) is 23.4. The van der Waals surface area contributed by atoms with Crippen LogP contribution in [-0.4, -0.2) is 22.6 Å². The molecular formula is C27H36O4. The predicted octanol–water partition coefficient (Wildman–Crippen LogP) is 6.61. The number of allylic oxidation sites excluding steroid dienone is 11. The van der Waals surface area contributed by atoms with E-state index in [1.165, 1.54) is 28.9 Å². The van der Waals surface area contributed by atoms with Gasteiger partial charge in [-0.05, 0) is 91.7 Å². The first kappa shape index (κ1) is 26.3. The van der Waals surface area contributed by atoms with Crippen molar-refractivity contribution < 1.29 is 19.5 Å². The monoisotopic (exact) mass is 424 g/mol. The topological polar surface area (TPSA) is 71.4 Å². The van der Waals surface area contributed by atoms with E-state index in [0.29, 0.717) is 29.6 Å². The van der Waals surface area contributed by atoms with Gasteiger partial charge in [-0.3, -0.25) is 9.59 Å². The molecule has 0 saturated heterocycles. The number of carbonyl (C=O) groups is 3. The molecule has 0 atom stereocenters. The zero-order valence-corrected chi connectivity index (χ0v) is 19.6. The van der Waals surface area contributed by atoms with Gasteiger partial charge in [0, 0.05) is 16.7 Å². The van der Waals surface area contributed by atoms with Crippen LogP contribution in [0.3, 0.4) is 0 Å². The normalized spacial score (nSPS) is 15.6. The second kappa shape index (κ2) is 13.5. The lowest BCUT2D eigenvalue weighted by molar-refractivity contribution is -0.132. The maximum atomic E-state index is 12.1. The Morgan fingerprint density at radius 2 is 1.42 bits per heavy atom. The van der Waals surface area contributed by atoms with Gasteiger partial charge in [-0.2, -0.15) is 0 Å². The van der Waals surface area contributed by atoms with Crippen LogP contribution in [0.2, 0.25) is 0 Å². The Labute approximate surface area is 186 Å². The molecule has 1 aliphatic carbocycles. The molecule has 0 spiro atoms. The minimum atomic E-state index is -0.830. The van der Waals surface area contributed by atoms with Crippen molar-refractivity contribution in [3.05, 3.63) is 69.9 Å². The van der Waals surface area contributed by atoms with Gasteiger partial charge in [0.2, 0.25) is 0 Å². The highest BCUT2D eigenvalue weighted by molar-refractivity contribution is 6.20. The fraction of sp³-hybridized carbons (Fsp3) is 0.444. The quantitative estimate of drug-likeness (QED) is 0.217. The van der Waals surface area contributed by atoms with Crippen LogP contribution in [-0.2, 0) is 14.4 Å². The van der Waals surface area contributed by atoms with E-state index in [1.54, 1.807) is 6.92 Å². The summed E-state index contributed by atoms with van der Waals surface area (Å²) in [5, 5.41) is 9.34. The molecule has 168 valence electrons. The molecule has 0 aromatic rings. The molecule has 0 fully saturated rings. The van der Waals surface area contributed by atoms with Crippen molar-refractivity contribution in [2.45, 2.75) is 79.6 Å². The summed E-state index contributed by atoms with van der Waals surface area (Å²) in [6.45, 7) is 9.82. The molecule has 4 heteroatoms. The second-order valence-corrected chi connectivity index (χ2v) is 8.47. The van der Waals surface area contributed by atoms with Crippen molar-refractivity contribution in [3.8, 4) is 0 Å². The summed E-state index contributed by atoms with van der Waals surface area (Å²) in [5.41, 5.74) is 5.18. The first-order valence-electron chi connectivity index (χ1n) is 10.9. The van der Waals surface area contributed by atoms with E-state index in [-0.39, 0.29) is 11.6 Å². The summed E-state index contributed by atoms with van der Waals surface area (Å²) in [7, 11) is 0. The summed E-state index contributed by atoms with van der Waals surface area (Å²) >= 11 is 0. The predicted molar refractivity (Wildman–Crippen MR) is 127 cm³/mol. The smallest absolute Gasteiger partial charge is 0.331 e. The number of carboxylic acids is 1. The maximum absolute atomic E-state index is 12.1. The molecule has 0 saturated carbocycles. The number of rotatable bonds is 12. The van der Waals surface area contributed by atoms with Gasteiger partial charge < -0.3 is 5.11 Å². The van der Waals surface area contributed by atoms with Crippen molar-refractivity contribution in [2.75, 3.05) is 0 Å². The number of carbonyl (C=O) groups excluding carboxylic acids is 2. The molecule has 1 aliphatic rings. The fourth-order valence-corrected chi connectivity index (χ4v) is 3.28. The molecular weight excluding hydrogens is 388 g/mol. The van der Waals surface area contributed by atoms with E-state index in [4.69, 9.17) is 0 Å². The van der Waals surface area contributed by atoms with Gasteiger partial charge in [0.15, 0.2) is 11.6 Å². The number of hydrogen-bond acceptors (Lipinski definition) is 3. The van der Waals surface area contributed by atoms with E-state index in [2.05, 4.69) is 19.1 Å². The van der Waals surface area contributed by atoms with E-state index < -0.39 is 5.97 Å². The Morgan fingerprint density at radius 1 is 0.839 bits per heavy atom. The third-order valence-electron chi connectivity index (χ3n) is 5.20. The molecule has 0 unspecified atom stereocenters. The first-order chi connectivity index (χ1) is 14.6. The molecule has 0 aromatic heterocycles. The third kappa shape index (κ3) is 10.7. The van der Waals surface area contributed by atoms with Gasteiger partial charge in [-0.25, -0.2) is 4.79 Å². The first-order valence-corrected chi connectivity index (χ1v) is 10.9. The van der Waals surface area contributed by atoms with Gasteiger partial charge in [0.05, 0.1) is 0 Å². The molecule has 0 aliphatic heterocycles. The molecule has 1 N–H and O–H groups in total. The van der Waals surface area contributed by atoms with Gasteiger partial charge in [-0.15, -0.1) is 0 Å². The van der Waals surface area contributed by atoms with Gasteiger partial charge in [0.1, 0.15) is 0 Å². The largest absolute Gasteiger partial charge is 0.478 e. The number of carboxylic acid groups (broad SMARTS) is 1. The average Bonchev–Trinajstić information content (AvgIpc) is 2.68. The van der Waals surface area contributed by atoms with E-state index >= 15 is 0 Å². The van der Waals surface area contributed by atoms with Crippen molar-refractivity contribution in [1.82, 2.24) is 0 Å². The summed E-state index contributed by atoms with van der Waals surface area (Å²) in [5.74, 6) is -0.994. The van der Waals surface area contributed by atoms with Crippen molar-refractivity contribution in [3.63, 3.8) is 0 Å². The zero-order valence-electron chi connectivity index (χ0n) is 19.6. The highest BCUT2D eigenvalue weighted by atomic mass is 16.4. The Bertz CT molecular complexity index is 869. The van der Waals surface area contributed by atoms with Crippen LogP contribution in [0, 0.1) is 0 Å². The van der Waals surface area contributed by atoms with E-state index in [0.717, 1.165) is 32.1 Å². The van der Waals surface area contributed by atoms with Crippen LogP contribution in [0.4, 0.5) is 0 Å². The number of hydrogen-bond donors (Lipinski definition) is 1. The Morgan fingerprint density at radius 3 is 2.03 bits per heavy atom. The highest BCUT2D eigenvalue weighted by Crippen LogP contribution is 2.18. The van der Waals surface area contributed by atoms with Gasteiger partial charge in [0.25, 0.3) is 0 Å². The third-order valence-corrected chi connectivity index (χ3v) is 5.20. The molecule has 31 heavy (non-hydrogen) atoms. The van der Waals surface area contributed by atoms with Gasteiger partial charge >= 0.3 is 5.97 Å². The SMILES string of the molecule is CC(C)=CCC/C(=C/CC/C(C)=C/CC/C(C)=C/CC1=CC(=O)C=C(C)C1=O)C(=O)O. The summed E-state index contributed by atoms with van der Waals surface area (Å²) < 4.78 is 0. The van der Waals surface area contributed by atoms with Crippen LogP contribution in [0.25, 0.3) is 0 Å². The molecule has 1 rings (SSSR count). The highest BCUT2D eigenvalue weighted by Gasteiger charge is 2.17. The molecule has 0 amide bonds. The Hall–Kier alpha value is -2.75. The fourth-order valence-electron chi connectivity index (χ4n) is 3.28. The van der Waals surface area contributed by atoms with Crippen molar-refractivity contribution in [2.24, 2.45) is 0 Å². The molecule has 0 bridgehead atoms. The van der Waals surface area contributed by atoms with Crippen LogP contribution in [0.5, 0.6) is 0 Å². The number of Topliss-reactive ketones (excluding diaryl/α,β-unsaturated/α-hetero) is 1. The van der Waals surface area contributed by atoms with E-state index in [9.17, 15) is 19.5 Å². The molecule has 0 heterocycles. The van der Waals surface area contributed by atoms with Crippen molar-refractivity contribution in [1.29, 1.82) is 0 Å². The van der Waals surface area contributed by atoms with Crippen LogP contribution in [0.15, 0.2) is 69.9 Å². The summed E-state index contributed by atoms with van der Waals surface area (Å²) in [4.78, 5) is 35.1. The van der Waals surface area contributed by atoms with Crippen LogP contribution in [0.1, 0.15) is 79.6 Å². The molecule has 0 aromatic carbocycles. The lowest BCUT2D eigenvalue weighted by Crippen LogP contribution is -2.12. The van der Waals surface area contributed by atoms with Gasteiger partial charge in [-0.1, -0.05) is 41.0 Å².